The molecule has 0 saturated carbocycles. The Kier molecular flexibility index (Phi) is 1.84. The van der Waals surface area contributed by atoms with E-state index in [1.807, 2.05) is 0 Å². The van der Waals surface area contributed by atoms with Gasteiger partial charge in [0.1, 0.15) is 6.21 Å². The molecule has 34 valence electrons. The fraction of sp³-hybridized carbons (Fsp3) is 0. The van der Waals surface area contributed by atoms with Crippen LogP contribution in [0.15, 0.2) is 15.4 Å². The van der Waals surface area contributed by atoms with E-state index in [1.54, 1.807) is 0 Å². The van der Waals surface area contributed by atoms with Gasteiger partial charge in [-0.25, -0.2) is 0 Å². The smallest absolute Gasteiger partial charge is 0.264 e. The molecule has 1 rings (SSSR count). The van der Waals surface area contributed by atoms with Gasteiger partial charge in [0.15, 0.2) is 0 Å². The number of nitrogens with zero attached hydrogens (tertiary/aromatic N) is 3. The number of amides is 1. The van der Waals surface area contributed by atoms with Crippen LogP contribution in [0.3, 0.4) is 0 Å². The Labute approximate surface area is 40.9 Å². The maximum absolute atomic E-state index is 9.83. The summed E-state index contributed by atoms with van der Waals surface area (Å²) in [5.74, 6) is -0.380. The Morgan fingerprint density at radius 2 is 2.29 bits per heavy atom. The highest BCUT2D eigenvalue weighted by Gasteiger charge is 1.94. The largest absolute Gasteiger partial charge is 0.310 e. The van der Waals surface area contributed by atoms with E-state index in [1.165, 1.54) is 0 Å². The summed E-state index contributed by atoms with van der Waals surface area (Å²) in [5, 5.41) is 9.16. The molecule has 0 spiro atoms. The molecule has 0 aromatic carbocycles. The fourth-order valence-corrected chi connectivity index (χ4v) is 0.171. The normalized spacial score (nSPS) is 14.6. The van der Waals surface area contributed by atoms with Gasteiger partial charge in [-0.1, -0.05) is 5.11 Å². The molecule has 1 aliphatic rings. The van der Waals surface area contributed by atoms with E-state index in [9.17, 15) is 4.79 Å². The lowest BCUT2D eigenvalue weighted by molar-refractivity contribution is -0.111. The highest BCUT2D eigenvalue weighted by molar-refractivity contribution is 6.27. The summed E-state index contributed by atoms with van der Waals surface area (Å²) in [6.07, 6.45) is 1.06. The third-order valence-electron chi connectivity index (χ3n) is 0.363. The van der Waals surface area contributed by atoms with Crippen molar-refractivity contribution in [3.05, 3.63) is 7.43 Å². The maximum atomic E-state index is 9.83. The molecule has 0 unspecified atom stereocenters. The average molecular weight is 95.1 g/mol. The quantitative estimate of drug-likeness (QED) is 0.419. The number of hydrogen-bond donors (Lipinski definition) is 0. The highest BCUT2D eigenvalue weighted by Crippen LogP contribution is 1.83. The number of hydrogen-bond acceptors (Lipinski definition) is 3. The Bertz CT molecular complexity index is 112. The highest BCUT2D eigenvalue weighted by atomic mass is 16.2. The molecule has 4 nitrogen and oxygen atoms in total. The molecule has 0 aromatic heterocycles. The molecule has 1 aliphatic heterocycles. The van der Waals surface area contributed by atoms with Gasteiger partial charge >= 0.3 is 5.91 Å². The second kappa shape index (κ2) is 2.17. The van der Waals surface area contributed by atoms with E-state index in [0.29, 0.717) is 0 Å². The van der Waals surface area contributed by atoms with Crippen LogP contribution in [-0.2, 0) is 4.79 Å². The topological polar surface area (TPSA) is 54.1 Å². The van der Waals surface area contributed by atoms with E-state index in [2.05, 4.69) is 15.4 Å². The fourth-order valence-electron chi connectivity index (χ4n) is 0.171. The van der Waals surface area contributed by atoms with E-state index >= 15 is 0 Å². The summed E-state index contributed by atoms with van der Waals surface area (Å²) in [7, 11) is 0. The van der Waals surface area contributed by atoms with Gasteiger partial charge in [-0.15, -0.1) is 5.10 Å². The van der Waals surface area contributed by atoms with Crippen LogP contribution < -0.4 is 0 Å². The second-order valence-corrected chi connectivity index (χ2v) is 0.772. The Hall–Kier alpha value is -1.06. The van der Waals surface area contributed by atoms with Crippen molar-refractivity contribution in [2.45, 2.75) is 0 Å². The Balaban J connectivity index is 0.000000360. The monoisotopic (exact) mass is 95.0 g/mol. The summed E-state index contributed by atoms with van der Waals surface area (Å²) >= 11 is 0. The van der Waals surface area contributed by atoms with Crippen molar-refractivity contribution in [1.29, 1.82) is 0 Å². The van der Waals surface area contributed by atoms with E-state index in [0.717, 1.165) is 6.21 Å². The van der Waals surface area contributed by atoms with Gasteiger partial charge in [0.2, 0.25) is 0 Å². The van der Waals surface area contributed by atoms with Crippen LogP contribution >= 0.6 is 0 Å². The summed E-state index contributed by atoms with van der Waals surface area (Å²) in [4.78, 5) is 9.83. The van der Waals surface area contributed by atoms with Crippen molar-refractivity contribution in [3.8, 4) is 0 Å². The Morgan fingerprint density at radius 3 is 2.43 bits per heavy atom. The van der Waals surface area contributed by atoms with E-state index in [4.69, 9.17) is 0 Å². The molecule has 0 N–H and O–H groups in total. The van der Waals surface area contributed by atoms with Crippen molar-refractivity contribution in [1.82, 2.24) is 0 Å². The van der Waals surface area contributed by atoms with E-state index in [-0.39, 0.29) is 13.3 Å². The van der Waals surface area contributed by atoms with Gasteiger partial charge < -0.3 is 0 Å². The molecule has 7 heavy (non-hydrogen) atoms. The average Bonchev–Trinajstić information content (AvgIpc) is 1.86. The lowest BCUT2D eigenvalue weighted by Gasteiger charge is -1.55. The first-order chi connectivity index (χ1) is 2.89. The number of carbonyl (C=O) groups excluding carboxylic acids is 1. The first-order valence-corrected chi connectivity index (χ1v) is 1.37. The van der Waals surface area contributed by atoms with Crippen molar-refractivity contribution < 1.29 is 4.79 Å². The Morgan fingerprint density at radius 1 is 1.57 bits per heavy atom. The second-order valence-electron chi connectivity index (χ2n) is 0.772. The minimum Gasteiger partial charge on any atom is -0.264 e. The molecule has 0 saturated heterocycles. The van der Waals surface area contributed by atoms with Crippen molar-refractivity contribution in [2.75, 3.05) is 0 Å². The van der Waals surface area contributed by atoms with Crippen LogP contribution in [-0.4, -0.2) is 12.1 Å². The van der Waals surface area contributed by atoms with Gasteiger partial charge in [0.25, 0.3) is 0 Å². The van der Waals surface area contributed by atoms with Crippen LogP contribution in [0, 0.1) is 7.43 Å². The molecular formula is C3HN3O. The molecule has 0 aliphatic carbocycles. The van der Waals surface area contributed by atoms with Crippen molar-refractivity contribution >= 4 is 12.1 Å². The summed E-state index contributed by atoms with van der Waals surface area (Å²) in [5.41, 5.74) is 0. The zero-order chi connectivity index (χ0) is 4.41. The zero-order valence-corrected chi connectivity index (χ0v) is 3.33. The minimum absolute atomic E-state index is 0. The van der Waals surface area contributed by atoms with Crippen LogP contribution in [0.5, 0.6) is 0 Å². The van der Waals surface area contributed by atoms with Gasteiger partial charge in [0.05, 0.1) is 0 Å². The van der Waals surface area contributed by atoms with Gasteiger partial charge in [-0.3, -0.25) is 4.79 Å². The summed E-state index contributed by atoms with van der Waals surface area (Å²) < 4.78 is 0. The molecule has 4 radical (unpaired) electrons. The zero-order valence-electron chi connectivity index (χ0n) is 3.33. The molecular weight excluding hydrogens is 94.1 g/mol. The lowest BCUT2D eigenvalue weighted by Crippen LogP contribution is -1.84. The van der Waals surface area contributed by atoms with Gasteiger partial charge in [0, 0.05) is 7.43 Å². The van der Waals surface area contributed by atoms with Crippen LogP contribution in [0.4, 0.5) is 0 Å². The molecule has 0 bridgehead atoms. The van der Waals surface area contributed by atoms with E-state index < -0.39 is 0 Å². The van der Waals surface area contributed by atoms with Crippen LogP contribution in [0.2, 0.25) is 0 Å². The van der Waals surface area contributed by atoms with Gasteiger partial charge in [-0.05, 0) is 5.22 Å². The standard InChI is InChI=1S/C2HN3O.C/c6-2-1-3-5-4-2;/h1H;. The predicted molar refractivity (Wildman–Crippen MR) is 21.6 cm³/mol. The first kappa shape index (κ1) is 5.94. The SMILES string of the molecule is O=C1C=NN=N1.[C]. The van der Waals surface area contributed by atoms with Crippen LogP contribution in [0.25, 0.3) is 0 Å². The molecule has 0 atom stereocenters. The van der Waals surface area contributed by atoms with Crippen molar-refractivity contribution in [2.24, 2.45) is 15.4 Å². The maximum Gasteiger partial charge on any atom is 0.310 e. The summed E-state index contributed by atoms with van der Waals surface area (Å²) in [6.45, 7) is 0. The first-order valence-electron chi connectivity index (χ1n) is 1.37. The third kappa shape index (κ3) is 1.21. The molecule has 0 fully saturated rings. The molecule has 1 heterocycles. The van der Waals surface area contributed by atoms with Crippen LogP contribution in [0.1, 0.15) is 0 Å². The molecule has 4 heteroatoms. The minimum atomic E-state index is -0.380. The number of rotatable bonds is 0. The molecule has 1 amide bonds. The van der Waals surface area contributed by atoms with Gasteiger partial charge in [-0.2, -0.15) is 0 Å². The van der Waals surface area contributed by atoms with Crippen molar-refractivity contribution in [3.63, 3.8) is 0 Å². The summed E-state index contributed by atoms with van der Waals surface area (Å²) in [6, 6.07) is 0. The number of carbonyl (C=O) groups is 1. The predicted octanol–water partition coefficient (Wildman–Crippen LogP) is 0.0459. The molecule has 0 aromatic rings. The lowest BCUT2D eigenvalue weighted by atomic mass is 10.7. The third-order valence-corrected chi connectivity index (χ3v) is 0.363.